The van der Waals surface area contributed by atoms with Crippen LogP contribution in [0.1, 0.15) is 44.5 Å². The summed E-state index contributed by atoms with van der Waals surface area (Å²) in [6.07, 6.45) is 5.98. The van der Waals surface area contributed by atoms with Crippen molar-refractivity contribution in [3.05, 3.63) is 23.5 Å². The molecule has 0 aromatic carbocycles. The Balaban J connectivity index is 2.28. The number of fused-ring (bicyclic) bond motifs is 1. The van der Waals surface area contributed by atoms with Crippen molar-refractivity contribution in [2.45, 2.75) is 51.4 Å². The molecule has 0 saturated heterocycles. The van der Waals surface area contributed by atoms with Crippen LogP contribution >= 0.6 is 0 Å². The lowest BCUT2D eigenvalue weighted by atomic mass is 9.74. The average Bonchev–Trinajstić information content (AvgIpc) is 2.59. The molecule has 0 bridgehead atoms. The molecular formula is C14H24N2OS. The quantitative estimate of drug-likeness (QED) is 0.914. The Kier molecular flexibility index (Phi) is 3.70. The zero-order valence-electron chi connectivity index (χ0n) is 11.8. The molecule has 102 valence electrons. The van der Waals surface area contributed by atoms with Crippen molar-refractivity contribution in [1.29, 1.82) is 0 Å². The second kappa shape index (κ2) is 4.82. The zero-order valence-corrected chi connectivity index (χ0v) is 12.6. The Hall–Kier alpha value is -0.610. The van der Waals surface area contributed by atoms with E-state index in [9.17, 15) is 4.21 Å². The van der Waals surface area contributed by atoms with Crippen LogP contribution in [0.3, 0.4) is 0 Å². The molecule has 2 N–H and O–H groups in total. The maximum absolute atomic E-state index is 11.5. The topological polar surface area (TPSA) is 48.0 Å². The molecule has 1 aromatic heterocycles. The monoisotopic (exact) mass is 268 g/mol. The van der Waals surface area contributed by atoms with Crippen LogP contribution in [0.2, 0.25) is 0 Å². The largest absolute Gasteiger partial charge is 0.350 e. The Labute approximate surface area is 112 Å². The van der Waals surface area contributed by atoms with E-state index in [0.29, 0.717) is 0 Å². The lowest BCUT2D eigenvalue weighted by molar-refractivity contribution is 0.275. The first-order valence-corrected chi connectivity index (χ1v) is 8.18. The van der Waals surface area contributed by atoms with Gasteiger partial charge in [0.15, 0.2) is 0 Å². The van der Waals surface area contributed by atoms with Crippen LogP contribution in [0.25, 0.3) is 0 Å². The number of nitrogens with zero attached hydrogens (tertiary/aromatic N) is 1. The minimum atomic E-state index is -0.776. The first-order chi connectivity index (χ1) is 8.30. The summed E-state index contributed by atoms with van der Waals surface area (Å²) in [6, 6.07) is 2.29. The van der Waals surface area contributed by atoms with Gasteiger partial charge in [0.1, 0.15) is 0 Å². The summed E-state index contributed by atoms with van der Waals surface area (Å²) in [4.78, 5) is 0. The van der Waals surface area contributed by atoms with Gasteiger partial charge in [0.2, 0.25) is 0 Å². The van der Waals surface area contributed by atoms with Gasteiger partial charge in [-0.2, -0.15) is 0 Å². The molecule has 0 aliphatic heterocycles. The van der Waals surface area contributed by atoms with Gasteiger partial charge in [0.25, 0.3) is 0 Å². The smallest absolute Gasteiger partial charge is 0.0496 e. The van der Waals surface area contributed by atoms with Gasteiger partial charge in [-0.15, -0.1) is 0 Å². The fourth-order valence-electron chi connectivity index (χ4n) is 2.85. The number of aromatic nitrogens is 1. The van der Waals surface area contributed by atoms with E-state index in [2.05, 4.69) is 30.7 Å². The third-order valence-corrected chi connectivity index (χ3v) is 5.23. The van der Waals surface area contributed by atoms with Crippen LogP contribution in [-0.4, -0.2) is 20.3 Å². The van der Waals surface area contributed by atoms with Gasteiger partial charge in [-0.05, 0) is 36.8 Å². The fraction of sp³-hybridized carbons (Fsp3) is 0.714. The fourth-order valence-corrected chi connectivity index (χ4v) is 3.22. The summed E-state index contributed by atoms with van der Waals surface area (Å²) in [7, 11) is -0.776. The highest BCUT2D eigenvalue weighted by Crippen LogP contribution is 2.40. The minimum absolute atomic E-state index is 0.146. The van der Waals surface area contributed by atoms with E-state index in [4.69, 9.17) is 5.73 Å². The SMILES string of the molecule is CC(Cn1ccc2c1CC(C)(C)CC2N)S(C)=O. The number of rotatable bonds is 3. The number of hydrogen-bond acceptors (Lipinski definition) is 2. The number of hydrogen-bond donors (Lipinski definition) is 1. The zero-order chi connectivity index (χ0) is 13.5. The van der Waals surface area contributed by atoms with Crippen LogP contribution < -0.4 is 5.73 Å². The standard InChI is InChI=1S/C14H24N2OS/c1-10(18(4)17)9-16-6-5-11-12(15)7-14(2,3)8-13(11)16/h5-6,10,12H,7-9,15H2,1-4H3. The molecule has 2 rings (SSSR count). The first-order valence-electron chi connectivity index (χ1n) is 6.56. The molecular weight excluding hydrogens is 244 g/mol. The van der Waals surface area contributed by atoms with Crippen molar-refractivity contribution in [1.82, 2.24) is 4.57 Å². The van der Waals surface area contributed by atoms with E-state index < -0.39 is 10.8 Å². The van der Waals surface area contributed by atoms with Gasteiger partial charge in [-0.1, -0.05) is 13.8 Å². The van der Waals surface area contributed by atoms with Crippen molar-refractivity contribution < 1.29 is 4.21 Å². The summed E-state index contributed by atoms with van der Waals surface area (Å²) in [5.41, 5.74) is 9.14. The van der Waals surface area contributed by atoms with Crippen LogP contribution in [-0.2, 0) is 23.8 Å². The summed E-state index contributed by atoms with van der Waals surface area (Å²) in [5.74, 6) is 0. The third-order valence-electron chi connectivity index (χ3n) is 3.95. The van der Waals surface area contributed by atoms with E-state index in [0.717, 1.165) is 19.4 Å². The summed E-state index contributed by atoms with van der Waals surface area (Å²) >= 11 is 0. The lowest BCUT2D eigenvalue weighted by Gasteiger charge is -2.34. The maximum atomic E-state index is 11.5. The summed E-state index contributed by atoms with van der Waals surface area (Å²) < 4.78 is 13.8. The maximum Gasteiger partial charge on any atom is 0.0496 e. The van der Waals surface area contributed by atoms with Crippen molar-refractivity contribution in [2.24, 2.45) is 11.1 Å². The third kappa shape index (κ3) is 2.69. The van der Waals surface area contributed by atoms with E-state index in [1.165, 1.54) is 11.3 Å². The number of nitrogens with two attached hydrogens (primary N) is 1. The van der Waals surface area contributed by atoms with E-state index in [1.54, 1.807) is 6.26 Å². The predicted octanol–water partition coefficient (Wildman–Crippen LogP) is 2.23. The predicted molar refractivity (Wildman–Crippen MR) is 77.0 cm³/mol. The van der Waals surface area contributed by atoms with Crippen molar-refractivity contribution >= 4 is 10.8 Å². The molecule has 0 spiro atoms. The van der Waals surface area contributed by atoms with E-state index >= 15 is 0 Å². The second-order valence-corrected chi connectivity index (χ2v) is 8.13. The molecule has 4 heteroatoms. The molecule has 1 heterocycles. The van der Waals surface area contributed by atoms with E-state index in [1.807, 2.05) is 6.92 Å². The first kappa shape index (κ1) is 13.8. The van der Waals surface area contributed by atoms with Gasteiger partial charge in [0.05, 0.1) is 0 Å². The molecule has 3 atom stereocenters. The molecule has 0 amide bonds. The van der Waals surface area contributed by atoms with Crippen molar-refractivity contribution in [3.8, 4) is 0 Å². The Morgan fingerprint density at radius 3 is 2.89 bits per heavy atom. The molecule has 0 radical (unpaired) electrons. The average molecular weight is 268 g/mol. The summed E-state index contributed by atoms with van der Waals surface area (Å²) in [5, 5.41) is 0.183. The molecule has 3 nitrogen and oxygen atoms in total. The van der Waals surface area contributed by atoms with Crippen molar-refractivity contribution in [3.63, 3.8) is 0 Å². The Bertz CT molecular complexity index is 464. The summed E-state index contributed by atoms with van der Waals surface area (Å²) in [6.45, 7) is 7.40. The van der Waals surface area contributed by atoms with Crippen LogP contribution in [0, 0.1) is 5.41 Å². The molecule has 0 fully saturated rings. The minimum Gasteiger partial charge on any atom is -0.350 e. The van der Waals surface area contributed by atoms with Crippen LogP contribution in [0.15, 0.2) is 12.3 Å². The van der Waals surface area contributed by atoms with Crippen LogP contribution in [0.4, 0.5) is 0 Å². The highest BCUT2D eigenvalue weighted by Gasteiger charge is 2.32. The molecule has 0 saturated carbocycles. The van der Waals surface area contributed by atoms with Crippen molar-refractivity contribution in [2.75, 3.05) is 6.26 Å². The molecule has 1 aliphatic carbocycles. The molecule has 18 heavy (non-hydrogen) atoms. The lowest BCUT2D eigenvalue weighted by Crippen LogP contribution is -2.31. The Morgan fingerprint density at radius 2 is 2.28 bits per heavy atom. The highest BCUT2D eigenvalue weighted by atomic mass is 32.2. The normalized spacial score (nSPS) is 25.5. The van der Waals surface area contributed by atoms with Crippen LogP contribution in [0.5, 0.6) is 0 Å². The van der Waals surface area contributed by atoms with Gasteiger partial charge >= 0.3 is 0 Å². The molecule has 1 aliphatic rings. The van der Waals surface area contributed by atoms with Gasteiger partial charge in [-0.3, -0.25) is 4.21 Å². The van der Waals surface area contributed by atoms with Gasteiger partial charge < -0.3 is 10.3 Å². The molecule has 1 aromatic rings. The van der Waals surface area contributed by atoms with Gasteiger partial charge in [-0.25, -0.2) is 0 Å². The Morgan fingerprint density at radius 1 is 1.61 bits per heavy atom. The van der Waals surface area contributed by atoms with E-state index in [-0.39, 0.29) is 16.7 Å². The van der Waals surface area contributed by atoms with Gasteiger partial charge in [0, 0.05) is 46.8 Å². The molecule has 3 unspecified atom stereocenters. The highest BCUT2D eigenvalue weighted by molar-refractivity contribution is 7.84. The second-order valence-electron chi connectivity index (χ2n) is 6.33.